The van der Waals surface area contributed by atoms with Crippen LogP contribution in [0.15, 0.2) is 91.1 Å². The first-order chi connectivity index (χ1) is 19.6. The summed E-state index contributed by atoms with van der Waals surface area (Å²) in [6, 6.07) is 24.7. The first kappa shape index (κ1) is 25.8. The van der Waals surface area contributed by atoms with Crippen LogP contribution in [0.5, 0.6) is 5.75 Å². The molecule has 2 aromatic heterocycles. The monoisotopic (exact) mass is 549 g/mol. The van der Waals surface area contributed by atoms with E-state index in [9.17, 15) is 4.79 Å². The Morgan fingerprint density at radius 2 is 1.77 bits per heavy atom. The third kappa shape index (κ3) is 5.90. The molecule has 3 heterocycles. The molecule has 3 aromatic carbocycles. The Bertz CT molecular complexity index is 1670. The van der Waals surface area contributed by atoms with Crippen molar-refractivity contribution in [2.45, 2.75) is 25.9 Å². The van der Waals surface area contributed by atoms with Crippen molar-refractivity contribution in [2.75, 3.05) is 18.0 Å². The number of rotatable bonds is 8. The van der Waals surface area contributed by atoms with Gasteiger partial charge in [-0.15, -0.1) is 5.10 Å². The maximum Gasteiger partial charge on any atom is 0.185 e. The van der Waals surface area contributed by atoms with Gasteiger partial charge in [-0.25, -0.2) is 9.67 Å². The molecule has 0 aliphatic carbocycles. The largest absolute Gasteiger partial charge is 0.487 e. The maximum atomic E-state index is 13.2. The van der Waals surface area contributed by atoms with Crippen LogP contribution in [-0.2, 0) is 6.61 Å². The second-order valence-electron chi connectivity index (χ2n) is 9.79. The molecule has 5 aromatic rings. The molecule has 0 saturated carbocycles. The van der Waals surface area contributed by atoms with E-state index in [0.29, 0.717) is 22.0 Å². The Hall–Kier alpha value is -4.49. The standard InChI is InChI=1S/C32H28ClN5O2/c33-26-12-14-28(15-13-26)38-21-27(35-36-38)22-40-29-9-6-8-24(20-29)31(39)16-11-25-19-23-7-2-3-10-30(23)34-32(25)37-17-4-1-5-18-37/h2-3,6-16,19-21H,1,4-5,17-18,22H2/b16-11+. The van der Waals surface area contributed by atoms with Gasteiger partial charge in [0, 0.05) is 34.6 Å². The van der Waals surface area contributed by atoms with Crippen molar-refractivity contribution in [3.8, 4) is 11.4 Å². The number of pyridine rings is 1. The number of carbonyl (C=O) groups is 1. The van der Waals surface area contributed by atoms with Crippen LogP contribution in [0.4, 0.5) is 5.82 Å². The molecular formula is C32H28ClN5O2. The number of benzene rings is 3. The van der Waals surface area contributed by atoms with E-state index in [1.54, 1.807) is 41.2 Å². The Kier molecular flexibility index (Phi) is 7.55. The number of piperidine rings is 1. The summed E-state index contributed by atoms with van der Waals surface area (Å²) in [5.74, 6) is 1.42. The fourth-order valence-corrected chi connectivity index (χ4v) is 4.97. The number of nitrogens with zero attached hydrogens (tertiary/aromatic N) is 5. The van der Waals surface area contributed by atoms with Crippen LogP contribution in [0.25, 0.3) is 22.7 Å². The summed E-state index contributed by atoms with van der Waals surface area (Å²) in [4.78, 5) is 20.5. The zero-order chi connectivity index (χ0) is 27.3. The van der Waals surface area contributed by atoms with Crippen molar-refractivity contribution >= 4 is 40.2 Å². The highest BCUT2D eigenvalue weighted by Gasteiger charge is 2.16. The number of hydrogen-bond donors (Lipinski definition) is 0. The zero-order valence-electron chi connectivity index (χ0n) is 21.9. The third-order valence-corrected chi connectivity index (χ3v) is 7.19. The highest BCUT2D eigenvalue weighted by atomic mass is 35.5. The molecule has 1 fully saturated rings. The third-order valence-electron chi connectivity index (χ3n) is 6.94. The van der Waals surface area contributed by atoms with Crippen molar-refractivity contribution in [3.63, 3.8) is 0 Å². The molecule has 0 bridgehead atoms. The summed E-state index contributed by atoms with van der Waals surface area (Å²) in [6.07, 6.45) is 8.86. The number of anilines is 1. The van der Waals surface area contributed by atoms with E-state index in [4.69, 9.17) is 21.3 Å². The van der Waals surface area contributed by atoms with Gasteiger partial charge in [0.25, 0.3) is 0 Å². The van der Waals surface area contributed by atoms with Crippen molar-refractivity contribution in [2.24, 2.45) is 0 Å². The first-order valence-corrected chi connectivity index (χ1v) is 13.8. The van der Waals surface area contributed by atoms with Crippen molar-refractivity contribution in [3.05, 3.63) is 113 Å². The summed E-state index contributed by atoms with van der Waals surface area (Å²) in [7, 11) is 0. The molecule has 40 heavy (non-hydrogen) atoms. The second-order valence-corrected chi connectivity index (χ2v) is 10.2. The number of halogens is 1. The van der Waals surface area contributed by atoms with Gasteiger partial charge in [0.05, 0.1) is 17.4 Å². The number of ketones is 1. The summed E-state index contributed by atoms with van der Waals surface area (Å²) in [5.41, 5.74) is 3.98. The number of ether oxygens (including phenoxy) is 1. The van der Waals surface area contributed by atoms with Crippen LogP contribution in [-0.4, -0.2) is 38.9 Å². The van der Waals surface area contributed by atoms with E-state index < -0.39 is 0 Å². The summed E-state index contributed by atoms with van der Waals surface area (Å²) < 4.78 is 7.60. The Morgan fingerprint density at radius 1 is 0.950 bits per heavy atom. The fourth-order valence-electron chi connectivity index (χ4n) is 4.85. The van der Waals surface area contributed by atoms with Gasteiger partial charge in [-0.3, -0.25) is 4.79 Å². The molecule has 0 unspecified atom stereocenters. The smallest absolute Gasteiger partial charge is 0.185 e. The van der Waals surface area contributed by atoms with E-state index in [0.717, 1.165) is 53.9 Å². The van der Waals surface area contributed by atoms with Gasteiger partial charge in [-0.2, -0.15) is 0 Å². The summed E-state index contributed by atoms with van der Waals surface area (Å²) >= 11 is 5.97. The van der Waals surface area contributed by atoms with Gasteiger partial charge >= 0.3 is 0 Å². The van der Waals surface area contributed by atoms with Gasteiger partial charge in [0.1, 0.15) is 23.9 Å². The number of allylic oxidation sites excluding steroid dienone is 1. The molecule has 6 rings (SSSR count). The number of aromatic nitrogens is 4. The molecule has 1 aliphatic rings. The lowest BCUT2D eigenvalue weighted by Crippen LogP contribution is -2.30. The van der Waals surface area contributed by atoms with Crippen LogP contribution in [0.2, 0.25) is 5.02 Å². The fraction of sp³-hybridized carbons (Fsp3) is 0.188. The van der Waals surface area contributed by atoms with Gasteiger partial charge in [0.15, 0.2) is 5.78 Å². The van der Waals surface area contributed by atoms with E-state index in [1.807, 2.05) is 48.5 Å². The predicted octanol–water partition coefficient (Wildman–Crippen LogP) is 6.93. The summed E-state index contributed by atoms with van der Waals surface area (Å²) in [6.45, 7) is 2.18. The highest BCUT2D eigenvalue weighted by molar-refractivity contribution is 6.30. The van der Waals surface area contributed by atoms with E-state index >= 15 is 0 Å². The lowest BCUT2D eigenvalue weighted by Gasteiger charge is -2.29. The molecule has 200 valence electrons. The molecular weight excluding hydrogens is 522 g/mol. The zero-order valence-corrected chi connectivity index (χ0v) is 22.7. The lowest BCUT2D eigenvalue weighted by molar-refractivity contribution is 0.104. The maximum absolute atomic E-state index is 13.2. The van der Waals surface area contributed by atoms with Gasteiger partial charge < -0.3 is 9.64 Å². The topological polar surface area (TPSA) is 73.1 Å². The number of carbonyl (C=O) groups excluding carboxylic acids is 1. The van der Waals surface area contributed by atoms with Crippen LogP contribution in [0, 0.1) is 0 Å². The van der Waals surface area contributed by atoms with Crippen molar-refractivity contribution < 1.29 is 9.53 Å². The minimum Gasteiger partial charge on any atom is -0.487 e. The van der Waals surface area contributed by atoms with Crippen molar-refractivity contribution in [1.82, 2.24) is 20.0 Å². The molecule has 0 spiro atoms. The van der Waals surface area contributed by atoms with Gasteiger partial charge in [-0.05, 0) is 79.9 Å². The quantitative estimate of drug-likeness (QED) is 0.154. The molecule has 7 nitrogen and oxygen atoms in total. The Labute approximate surface area is 237 Å². The number of para-hydroxylation sites is 1. The lowest BCUT2D eigenvalue weighted by atomic mass is 10.1. The van der Waals surface area contributed by atoms with E-state index in [1.165, 1.54) is 6.42 Å². The van der Waals surface area contributed by atoms with Crippen molar-refractivity contribution in [1.29, 1.82) is 0 Å². The van der Waals surface area contributed by atoms with Gasteiger partial charge in [0.2, 0.25) is 0 Å². The molecule has 8 heteroatoms. The average molecular weight is 550 g/mol. The minimum absolute atomic E-state index is 0.100. The molecule has 1 aliphatic heterocycles. The van der Waals surface area contributed by atoms with Crippen LogP contribution in [0.1, 0.15) is 40.9 Å². The number of hydrogen-bond acceptors (Lipinski definition) is 6. The van der Waals surface area contributed by atoms with Crippen LogP contribution in [0.3, 0.4) is 0 Å². The summed E-state index contributed by atoms with van der Waals surface area (Å²) in [5, 5.41) is 10.1. The predicted molar refractivity (Wildman–Crippen MR) is 158 cm³/mol. The second kappa shape index (κ2) is 11.7. The molecule has 0 radical (unpaired) electrons. The SMILES string of the molecule is O=C(/C=C/c1cc2ccccc2nc1N1CCCCC1)c1cccc(OCc2cn(-c3ccc(Cl)cc3)nn2)c1. The number of fused-ring (bicyclic) bond motifs is 1. The molecule has 0 atom stereocenters. The Morgan fingerprint density at radius 3 is 2.62 bits per heavy atom. The first-order valence-electron chi connectivity index (χ1n) is 13.4. The normalized spacial score (nSPS) is 13.7. The van der Waals surface area contributed by atoms with Crippen LogP contribution < -0.4 is 9.64 Å². The molecule has 0 amide bonds. The van der Waals surface area contributed by atoms with Gasteiger partial charge in [-0.1, -0.05) is 47.1 Å². The highest BCUT2D eigenvalue weighted by Crippen LogP contribution is 2.27. The van der Waals surface area contributed by atoms with Crippen LogP contribution >= 0.6 is 11.6 Å². The molecule has 1 saturated heterocycles. The minimum atomic E-state index is -0.100. The van der Waals surface area contributed by atoms with E-state index in [2.05, 4.69) is 27.3 Å². The molecule has 0 N–H and O–H groups in total. The van der Waals surface area contributed by atoms with E-state index in [-0.39, 0.29) is 12.4 Å². The Balaban J connectivity index is 1.16. The average Bonchev–Trinajstić information content (AvgIpc) is 3.48.